The van der Waals surface area contributed by atoms with Gasteiger partial charge < -0.3 is 15.2 Å². The second-order valence-corrected chi connectivity index (χ2v) is 7.12. The summed E-state index contributed by atoms with van der Waals surface area (Å²) >= 11 is 0. The van der Waals surface area contributed by atoms with E-state index in [2.05, 4.69) is 10.6 Å². The molecule has 3 rings (SSSR count). The number of ether oxygens (including phenoxy) is 1. The predicted molar refractivity (Wildman–Crippen MR) is 126 cm³/mol. The first-order valence-corrected chi connectivity index (χ1v) is 10.4. The minimum absolute atomic E-state index is 0.0850. The molecule has 0 saturated heterocycles. The number of hydrogen-bond donors (Lipinski definition) is 3. The van der Waals surface area contributed by atoms with Crippen molar-refractivity contribution in [1.82, 2.24) is 5.32 Å². The smallest absolute Gasteiger partial charge is 0.417 e. The lowest BCUT2D eigenvalue weighted by molar-refractivity contribution is -0.117. The van der Waals surface area contributed by atoms with E-state index in [1.54, 1.807) is 30.3 Å². The van der Waals surface area contributed by atoms with Crippen molar-refractivity contribution in [2.75, 3.05) is 11.9 Å². The summed E-state index contributed by atoms with van der Waals surface area (Å²) < 4.78 is 5.15. The van der Waals surface area contributed by atoms with Crippen LogP contribution >= 0.6 is 0 Å². The van der Waals surface area contributed by atoms with Gasteiger partial charge in [-0.2, -0.15) is 5.26 Å². The van der Waals surface area contributed by atoms with Crippen LogP contribution in [0.3, 0.4) is 0 Å². The molecule has 0 aliphatic heterocycles. The van der Waals surface area contributed by atoms with Crippen LogP contribution in [-0.4, -0.2) is 23.7 Å². The second kappa shape index (κ2) is 11.7. The number of para-hydroxylation sites is 1. The van der Waals surface area contributed by atoms with Crippen LogP contribution in [0, 0.1) is 11.3 Å². The Kier molecular flexibility index (Phi) is 8.21. The maximum atomic E-state index is 12.4. The van der Waals surface area contributed by atoms with Gasteiger partial charge in [0, 0.05) is 6.54 Å². The lowest BCUT2D eigenvalue weighted by Crippen LogP contribution is -2.25. The van der Waals surface area contributed by atoms with Gasteiger partial charge in [-0.05, 0) is 54.3 Å². The van der Waals surface area contributed by atoms with Crippen molar-refractivity contribution in [3.8, 4) is 17.6 Å². The van der Waals surface area contributed by atoms with E-state index in [1.807, 2.05) is 36.4 Å². The highest BCUT2D eigenvalue weighted by molar-refractivity contribution is 6.02. The predicted octanol–water partition coefficient (Wildman–Crippen LogP) is 4.66. The maximum Gasteiger partial charge on any atom is 0.417 e. The number of benzene rings is 3. The largest absolute Gasteiger partial charge is 0.506 e. The molecule has 0 bridgehead atoms. The number of phenolic OH excluding ortho intramolecular Hbond substituents is 1. The minimum atomic E-state index is -0.783. The zero-order valence-corrected chi connectivity index (χ0v) is 17.8. The third kappa shape index (κ3) is 7.26. The van der Waals surface area contributed by atoms with E-state index < -0.39 is 12.0 Å². The number of rotatable bonds is 8. The molecule has 0 aliphatic rings. The number of phenols is 1. The molecule has 0 fully saturated rings. The Morgan fingerprint density at radius 2 is 1.70 bits per heavy atom. The second-order valence-electron chi connectivity index (χ2n) is 7.12. The highest BCUT2D eigenvalue weighted by atomic mass is 16.6. The number of amides is 2. The van der Waals surface area contributed by atoms with E-state index in [0.717, 1.165) is 12.8 Å². The number of anilines is 1. The van der Waals surface area contributed by atoms with Crippen LogP contribution < -0.4 is 15.4 Å². The Hall–Kier alpha value is -4.57. The normalized spacial score (nSPS) is 10.7. The van der Waals surface area contributed by atoms with E-state index in [0.29, 0.717) is 17.9 Å². The first-order chi connectivity index (χ1) is 16.0. The molecule has 0 spiro atoms. The number of carbonyl (C=O) groups excluding carboxylic acids is 2. The maximum absolute atomic E-state index is 12.4. The summed E-state index contributed by atoms with van der Waals surface area (Å²) in [6.07, 6.45) is 2.17. The highest BCUT2D eigenvalue weighted by Crippen LogP contribution is 2.26. The van der Waals surface area contributed by atoms with Gasteiger partial charge in [0.1, 0.15) is 23.1 Å². The molecule has 2 amide bonds. The van der Waals surface area contributed by atoms with Gasteiger partial charge in [-0.3, -0.25) is 10.1 Å². The number of aryl methyl sites for hydroxylation is 1. The number of nitrogens with zero attached hydrogens (tertiary/aromatic N) is 1. The van der Waals surface area contributed by atoms with Crippen molar-refractivity contribution in [3.63, 3.8) is 0 Å². The molecule has 0 radical (unpaired) electrons. The van der Waals surface area contributed by atoms with E-state index in [9.17, 15) is 20.0 Å². The van der Waals surface area contributed by atoms with Gasteiger partial charge in [0.05, 0.1) is 5.69 Å². The van der Waals surface area contributed by atoms with Gasteiger partial charge in [0.15, 0.2) is 0 Å². The molecule has 3 aromatic rings. The van der Waals surface area contributed by atoms with Crippen LogP contribution in [-0.2, 0) is 11.2 Å². The third-order valence-corrected chi connectivity index (χ3v) is 4.66. The fourth-order valence-corrected chi connectivity index (χ4v) is 3.02. The fraction of sp³-hybridized carbons (Fsp3) is 0.115. The minimum Gasteiger partial charge on any atom is -0.506 e. The fourth-order valence-electron chi connectivity index (χ4n) is 3.02. The van der Waals surface area contributed by atoms with Crippen molar-refractivity contribution >= 4 is 23.8 Å². The summed E-state index contributed by atoms with van der Waals surface area (Å²) in [5, 5.41) is 24.7. The van der Waals surface area contributed by atoms with Crippen molar-refractivity contribution in [1.29, 1.82) is 5.26 Å². The molecule has 7 nitrogen and oxygen atoms in total. The van der Waals surface area contributed by atoms with Crippen molar-refractivity contribution in [3.05, 3.63) is 95.6 Å². The average Bonchev–Trinajstić information content (AvgIpc) is 2.83. The number of nitriles is 1. The quantitative estimate of drug-likeness (QED) is 0.204. The standard InChI is InChI=1S/C26H23N3O4/c27-18-21(25(31)28-15-7-10-19-8-3-1-4-9-19)16-20-13-14-24(30)23(17-20)29-26(32)33-22-11-5-2-6-12-22/h1-6,8-9,11-14,16-17,30H,7,10,15H2,(H,28,31)(H,29,32)/b21-16+. The van der Waals surface area contributed by atoms with Crippen LogP contribution in [0.5, 0.6) is 11.5 Å². The van der Waals surface area contributed by atoms with Gasteiger partial charge in [-0.1, -0.05) is 54.6 Å². The van der Waals surface area contributed by atoms with Crippen LogP contribution in [0.4, 0.5) is 10.5 Å². The molecule has 166 valence electrons. The van der Waals surface area contributed by atoms with Crippen molar-refractivity contribution in [2.24, 2.45) is 0 Å². The zero-order valence-electron chi connectivity index (χ0n) is 17.8. The van der Waals surface area contributed by atoms with E-state index in [4.69, 9.17) is 4.74 Å². The Morgan fingerprint density at radius 3 is 2.39 bits per heavy atom. The summed E-state index contributed by atoms with van der Waals surface area (Å²) in [5.41, 5.74) is 1.64. The molecule has 0 saturated carbocycles. The number of hydrogen-bond acceptors (Lipinski definition) is 5. The van der Waals surface area contributed by atoms with Crippen molar-refractivity contribution in [2.45, 2.75) is 12.8 Å². The molecular weight excluding hydrogens is 418 g/mol. The highest BCUT2D eigenvalue weighted by Gasteiger charge is 2.12. The molecule has 3 N–H and O–H groups in total. The summed E-state index contributed by atoms with van der Waals surface area (Å²) in [7, 11) is 0. The van der Waals surface area contributed by atoms with Gasteiger partial charge in [-0.25, -0.2) is 4.79 Å². The van der Waals surface area contributed by atoms with Crippen LogP contribution in [0.2, 0.25) is 0 Å². The van der Waals surface area contributed by atoms with Gasteiger partial charge >= 0.3 is 6.09 Å². The monoisotopic (exact) mass is 441 g/mol. The Balaban J connectivity index is 1.59. The topological polar surface area (TPSA) is 111 Å². The molecule has 0 aromatic heterocycles. The summed E-state index contributed by atoms with van der Waals surface area (Å²) in [5.74, 6) is -0.320. The van der Waals surface area contributed by atoms with Crippen LogP contribution in [0.25, 0.3) is 6.08 Å². The van der Waals surface area contributed by atoms with Gasteiger partial charge in [0.2, 0.25) is 0 Å². The lowest BCUT2D eigenvalue weighted by Gasteiger charge is -2.09. The Bertz CT molecular complexity index is 1170. The first-order valence-electron chi connectivity index (χ1n) is 10.4. The van der Waals surface area contributed by atoms with E-state index in [-0.39, 0.29) is 17.0 Å². The van der Waals surface area contributed by atoms with Crippen molar-refractivity contribution < 1.29 is 19.4 Å². The van der Waals surface area contributed by atoms with Crippen LogP contribution in [0.1, 0.15) is 17.5 Å². The Labute approximate surface area is 191 Å². The van der Waals surface area contributed by atoms with E-state index >= 15 is 0 Å². The third-order valence-electron chi connectivity index (χ3n) is 4.66. The SMILES string of the molecule is N#C/C(=C\c1ccc(O)c(NC(=O)Oc2ccccc2)c1)C(=O)NCCCc1ccccc1. The molecule has 0 unspecified atom stereocenters. The number of carbonyl (C=O) groups is 2. The first kappa shape index (κ1) is 23.1. The summed E-state index contributed by atoms with van der Waals surface area (Å²) in [6, 6.07) is 24.6. The lowest BCUT2D eigenvalue weighted by atomic mass is 10.1. The molecule has 0 aliphatic carbocycles. The van der Waals surface area contributed by atoms with E-state index in [1.165, 1.54) is 29.8 Å². The molecule has 0 atom stereocenters. The number of nitrogens with one attached hydrogen (secondary N) is 2. The molecule has 3 aromatic carbocycles. The Morgan fingerprint density at radius 1 is 1.00 bits per heavy atom. The van der Waals surface area contributed by atoms with Gasteiger partial charge in [-0.15, -0.1) is 0 Å². The molecule has 0 heterocycles. The van der Waals surface area contributed by atoms with Crippen LogP contribution in [0.15, 0.2) is 84.4 Å². The molecule has 7 heteroatoms. The zero-order chi connectivity index (χ0) is 23.5. The summed E-state index contributed by atoms with van der Waals surface area (Å²) in [4.78, 5) is 24.5. The molecule has 33 heavy (non-hydrogen) atoms. The van der Waals surface area contributed by atoms with Gasteiger partial charge in [0.25, 0.3) is 5.91 Å². The molecular formula is C26H23N3O4. The summed E-state index contributed by atoms with van der Waals surface area (Å²) in [6.45, 7) is 0.431. The average molecular weight is 441 g/mol. The number of aromatic hydroxyl groups is 1.